The molecule has 0 atom stereocenters. The summed E-state index contributed by atoms with van der Waals surface area (Å²) in [5.41, 5.74) is 7.18. The minimum absolute atomic E-state index is 0.255. The Labute approximate surface area is 111 Å². The van der Waals surface area contributed by atoms with Gasteiger partial charge in [-0.2, -0.15) is 0 Å². The van der Waals surface area contributed by atoms with E-state index < -0.39 is 0 Å². The quantitative estimate of drug-likeness (QED) is 0.902. The predicted octanol–water partition coefficient (Wildman–Crippen LogP) is 4.15. The highest BCUT2D eigenvalue weighted by atomic mass is 32.1. The van der Waals surface area contributed by atoms with Gasteiger partial charge in [-0.1, -0.05) is 13.8 Å². The van der Waals surface area contributed by atoms with Crippen LogP contribution in [0.4, 0.5) is 0 Å². The van der Waals surface area contributed by atoms with Crippen LogP contribution < -0.4 is 5.73 Å². The third kappa shape index (κ3) is 2.44. The van der Waals surface area contributed by atoms with Crippen molar-refractivity contribution in [3.8, 4) is 10.6 Å². The molecule has 2 rings (SSSR count). The molecule has 0 saturated heterocycles. The molecule has 0 radical (unpaired) electrons. The standard InChI is InChI=1S/C13H18N2S2/c1-4-13(14,5-2)12-15-10(8-16-12)11-7-6-9(3)17-11/h6-8H,4-5,14H2,1-3H3. The monoisotopic (exact) mass is 266 g/mol. The van der Waals surface area contributed by atoms with Crippen LogP contribution in [0.15, 0.2) is 17.5 Å². The number of nitrogens with zero attached hydrogens (tertiary/aromatic N) is 1. The molecule has 0 aliphatic rings. The maximum atomic E-state index is 6.37. The Morgan fingerprint density at radius 1 is 1.29 bits per heavy atom. The van der Waals surface area contributed by atoms with Gasteiger partial charge in [-0.05, 0) is 31.9 Å². The summed E-state index contributed by atoms with van der Waals surface area (Å²) in [5, 5.41) is 3.18. The number of thiazole rings is 1. The Bertz CT molecular complexity index is 495. The molecule has 2 heterocycles. The third-order valence-electron chi connectivity index (χ3n) is 3.18. The van der Waals surface area contributed by atoms with Crippen molar-refractivity contribution < 1.29 is 0 Å². The van der Waals surface area contributed by atoms with Crippen molar-refractivity contribution in [1.82, 2.24) is 4.98 Å². The molecule has 2 N–H and O–H groups in total. The van der Waals surface area contributed by atoms with E-state index in [4.69, 9.17) is 10.7 Å². The Kier molecular flexibility index (Phi) is 3.66. The van der Waals surface area contributed by atoms with E-state index in [2.05, 4.69) is 38.3 Å². The number of aryl methyl sites for hydroxylation is 1. The number of rotatable bonds is 4. The van der Waals surface area contributed by atoms with E-state index >= 15 is 0 Å². The first kappa shape index (κ1) is 12.7. The fourth-order valence-corrected chi connectivity index (χ4v) is 3.72. The van der Waals surface area contributed by atoms with Crippen LogP contribution in [0.25, 0.3) is 10.6 Å². The lowest BCUT2D eigenvalue weighted by atomic mass is 9.95. The zero-order chi connectivity index (χ0) is 12.5. The molecule has 2 aromatic heterocycles. The van der Waals surface area contributed by atoms with Crippen molar-refractivity contribution >= 4 is 22.7 Å². The van der Waals surface area contributed by atoms with Crippen LogP contribution in [-0.2, 0) is 5.54 Å². The smallest absolute Gasteiger partial charge is 0.113 e. The number of thiophene rings is 1. The highest BCUT2D eigenvalue weighted by Gasteiger charge is 2.26. The van der Waals surface area contributed by atoms with Crippen LogP contribution in [0, 0.1) is 6.92 Å². The summed E-state index contributed by atoms with van der Waals surface area (Å²) in [6.45, 7) is 6.37. The van der Waals surface area contributed by atoms with Crippen molar-refractivity contribution in [2.45, 2.75) is 39.2 Å². The minimum atomic E-state index is -0.255. The van der Waals surface area contributed by atoms with Gasteiger partial charge in [-0.25, -0.2) is 4.98 Å². The van der Waals surface area contributed by atoms with Gasteiger partial charge in [-0.15, -0.1) is 22.7 Å². The van der Waals surface area contributed by atoms with E-state index in [9.17, 15) is 0 Å². The van der Waals surface area contributed by atoms with Gasteiger partial charge >= 0.3 is 0 Å². The van der Waals surface area contributed by atoms with E-state index in [0.717, 1.165) is 23.5 Å². The second-order valence-corrected chi connectivity index (χ2v) is 6.46. The van der Waals surface area contributed by atoms with Crippen molar-refractivity contribution in [1.29, 1.82) is 0 Å². The topological polar surface area (TPSA) is 38.9 Å². The minimum Gasteiger partial charge on any atom is -0.319 e. The number of hydrogen-bond donors (Lipinski definition) is 1. The van der Waals surface area contributed by atoms with Crippen LogP contribution in [-0.4, -0.2) is 4.98 Å². The molecule has 2 nitrogen and oxygen atoms in total. The molecule has 2 aromatic rings. The van der Waals surface area contributed by atoms with E-state index in [-0.39, 0.29) is 5.54 Å². The van der Waals surface area contributed by atoms with Gasteiger partial charge in [0.25, 0.3) is 0 Å². The fourth-order valence-electron chi connectivity index (χ4n) is 1.74. The van der Waals surface area contributed by atoms with Crippen molar-refractivity contribution in [3.63, 3.8) is 0 Å². The summed E-state index contributed by atoms with van der Waals surface area (Å²) in [6, 6.07) is 4.27. The lowest BCUT2D eigenvalue weighted by Crippen LogP contribution is -2.34. The van der Waals surface area contributed by atoms with Gasteiger partial charge in [0.1, 0.15) is 5.01 Å². The molecule has 0 aliphatic heterocycles. The molecule has 92 valence electrons. The normalized spacial score (nSPS) is 12.0. The summed E-state index contributed by atoms with van der Waals surface area (Å²) in [7, 11) is 0. The zero-order valence-electron chi connectivity index (χ0n) is 10.5. The highest BCUT2D eigenvalue weighted by Crippen LogP contribution is 2.34. The largest absolute Gasteiger partial charge is 0.319 e. The van der Waals surface area contributed by atoms with Gasteiger partial charge in [0.15, 0.2) is 0 Å². The fraction of sp³-hybridized carbons (Fsp3) is 0.462. The van der Waals surface area contributed by atoms with E-state index in [1.54, 1.807) is 22.7 Å². The molecule has 0 aliphatic carbocycles. The highest BCUT2D eigenvalue weighted by molar-refractivity contribution is 7.16. The molecular weight excluding hydrogens is 248 g/mol. The first-order chi connectivity index (χ1) is 8.09. The number of nitrogens with two attached hydrogens (primary N) is 1. The lowest BCUT2D eigenvalue weighted by Gasteiger charge is -2.23. The molecule has 17 heavy (non-hydrogen) atoms. The van der Waals surface area contributed by atoms with Gasteiger partial charge in [0.05, 0.1) is 16.1 Å². The second kappa shape index (κ2) is 4.88. The lowest BCUT2D eigenvalue weighted by molar-refractivity contribution is 0.411. The summed E-state index contributed by atoms with van der Waals surface area (Å²) in [5.74, 6) is 0. The summed E-state index contributed by atoms with van der Waals surface area (Å²) in [4.78, 5) is 7.27. The molecule has 0 bridgehead atoms. The molecule has 0 saturated carbocycles. The molecule has 0 unspecified atom stereocenters. The van der Waals surface area contributed by atoms with Crippen molar-refractivity contribution in [2.75, 3.05) is 0 Å². The Hall–Kier alpha value is -0.710. The molecule has 0 spiro atoms. The zero-order valence-corrected chi connectivity index (χ0v) is 12.1. The Balaban J connectivity index is 2.33. The molecule has 0 amide bonds. The second-order valence-electron chi connectivity index (χ2n) is 4.31. The summed E-state index contributed by atoms with van der Waals surface area (Å²) < 4.78 is 0. The Morgan fingerprint density at radius 2 is 2.00 bits per heavy atom. The average Bonchev–Trinajstić information content (AvgIpc) is 2.96. The Morgan fingerprint density at radius 3 is 2.53 bits per heavy atom. The maximum absolute atomic E-state index is 6.37. The summed E-state index contributed by atoms with van der Waals surface area (Å²) >= 11 is 3.46. The summed E-state index contributed by atoms with van der Waals surface area (Å²) in [6.07, 6.45) is 1.86. The van der Waals surface area contributed by atoms with Crippen LogP contribution in [0.2, 0.25) is 0 Å². The van der Waals surface area contributed by atoms with Gasteiger partial charge < -0.3 is 5.73 Å². The van der Waals surface area contributed by atoms with Crippen molar-refractivity contribution in [2.24, 2.45) is 5.73 Å². The van der Waals surface area contributed by atoms with Crippen LogP contribution in [0.5, 0.6) is 0 Å². The third-order valence-corrected chi connectivity index (χ3v) is 5.27. The van der Waals surface area contributed by atoms with Crippen LogP contribution in [0.1, 0.15) is 36.6 Å². The van der Waals surface area contributed by atoms with E-state index in [0.29, 0.717) is 0 Å². The van der Waals surface area contributed by atoms with Crippen molar-refractivity contribution in [3.05, 3.63) is 27.4 Å². The number of hydrogen-bond acceptors (Lipinski definition) is 4. The van der Waals surface area contributed by atoms with E-state index in [1.165, 1.54) is 9.75 Å². The molecule has 0 fully saturated rings. The maximum Gasteiger partial charge on any atom is 0.113 e. The predicted molar refractivity (Wildman–Crippen MR) is 76.6 cm³/mol. The first-order valence-corrected chi connectivity index (χ1v) is 7.60. The van der Waals surface area contributed by atoms with Gasteiger partial charge in [0, 0.05) is 10.3 Å². The van der Waals surface area contributed by atoms with Crippen LogP contribution >= 0.6 is 22.7 Å². The SMILES string of the molecule is CCC(N)(CC)c1nc(-c2ccc(C)s2)cs1. The molecule has 0 aromatic carbocycles. The van der Waals surface area contributed by atoms with Gasteiger partial charge in [0.2, 0.25) is 0 Å². The molecule has 4 heteroatoms. The van der Waals surface area contributed by atoms with E-state index in [1.807, 2.05) is 0 Å². The number of aromatic nitrogens is 1. The van der Waals surface area contributed by atoms with Gasteiger partial charge in [-0.3, -0.25) is 0 Å². The first-order valence-electron chi connectivity index (χ1n) is 5.90. The van der Waals surface area contributed by atoms with Crippen LogP contribution in [0.3, 0.4) is 0 Å². The molecular formula is C13H18N2S2. The average molecular weight is 266 g/mol.